The molecule has 1 N–H and O–H groups in total. The third-order valence-corrected chi connectivity index (χ3v) is 6.49. The van der Waals surface area contributed by atoms with Crippen molar-refractivity contribution < 1.29 is 9.59 Å². The van der Waals surface area contributed by atoms with E-state index in [0.717, 1.165) is 16.7 Å². The minimum atomic E-state index is -0.721. The van der Waals surface area contributed by atoms with Gasteiger partial charge in [-0.1, -0.05) is 103 Å². The van der Waals surface area contributed by atoms with Gasteiger partial charge in [-0.3, -0.25) is 9.59 Å². The Bertz CT molecular complexity index is 1130. The van der Waals surface area contributed by atoms with E-state index >= 15 is 0 Å². The summed E-state index contributed by atoms with van der Waals surface area (Å²) >= 11 is 13.0. The van der Waals surface area contributed by atoms with Gasteiger partial charge in [-0.15, -0.1) is 0 Å². The lowest BCUT2D eigenvalue weighted by Crippen LogP contribution is -2.51. The topological polar surface area (TPSA) is 49.4 Å². The molecule has 3 rings (SSSR count). The Labute approximate surface area is 218 Å². The number of carbonyl (C=O) groups is 2. The predicted molar refractivity (Wildman–Crippen MR) is 144 cm³/mol. The van der Waals surface area contributed by atoms with Gasteiger partial charge in [0.1, 0.15) is 6.04 Å². The Morgan fingerprint density at radius 3 is 2.14 bits per heavy atom. The van der Waals surface area contributed by atoms with E-state index in [1.807, 2.05) is 75.4 Å². The second-order valence-electron chi connectivity index (χ2n) is 9.23. The van der Waals surface area contributed by atoms with Gasteiger partial charge >= 0.3 is 0 Å². The molecule has 4 nitrogen and oxygen atoms in total. The first kappa shape index (κ1) is 26.8. The van der Waals surface area contributed by atoms with E-state index in [2.05, 4.69) is 5.32 Å². The van der Waals surface area contributed by atoms with Crippen LogP contribution in [-0.4, -0.2) is 29.3 Å². The second kappa shape index (κ2) is 12.8. The largest absolute Gasteiger partial charge is 0.354 e. The number of aryl methyl sites for hydroxylation is 1. The summed E-state index contributed by atoms with van der Waals surface area (Å²) in [7, 11) is 0. The maximum Gasteiger partial charge on any atom is 0.243 e. The molecule has 1 atom stereocenters. The molecule has 35 heavy (non-hydrogen) atoms. The zero-order valence-corrected chi connectivity index (χ0v) is 21.9. The highest BCUT2D eigenvalue weighted by Crippen LogP contribution is 2.27. The number of nitrogens with zero attached hydrogens (tertiary/aromatic N) is 1. The van der Waals surface area contributed by atoms with Crippen LogP contribution in [0.25, 0.3) is 0 Å². The number of carbonyl (C=O) groups excluding carboxylic acids is 2. The van der Waals surface area contributed by atoms with Crippen LogP contribution in [0.1, 0.15) is 36.1 Å². The quantitative estimate of drug-likeness (QED) is 0.350. The lowest BCUT2D eigenvalue weighted by Gasteiger charge is -2.32. The average molecular weight is 511 g/mol. The molecule has 0 heterocycles. The van der Waals surface area contributed by atoms with E-state index < -0.39 is 6.04 Å². The van der Waals surface area contributed by atoms with Crippen LogP contribution in [0.2, 0.25) is 10.0 Å². The van der Waals surface area contributed by atoms with Crippen molar-refractivity contribution in [2.24, 2.45) is 5.92 Å². The van der Waals surface area contributed by atoms with E-state index in [9.17, 15) is 9.59 Å². The molecule has 0 aliphatic heterocycles. The van der Waals surface area contributed by atoms with Crippen LogP contribution >= 0.6 is 23.2 Å². The number of amides is 2. The fraction of sp³-hybridized carbons (Fsp3) is 0.310. The molecule has 3 aromatic rings. The first-order valence-corrected chi connectivity index (χ1v) is 12.6. The number of benzene rings is 3. The third-order valence-electron chi connectivity index (χ3n) is 5.78. The van der Waals surface area contributed by atoms with Crippen molar-refractivity contribution in [3.05, 3.63) is 105 Å². The fourth-order valence-electron chi connectivity index (χ4n) is 3.93. The zero-order valence-electron chi connectivity index (χ0n) is 20.4. The predicted octanol–water partition coefficient (Wildman–Crippen LogP) is 6.26. The molecule has 0 radical (unpaired) electrons. The molecule has 0 saturated carbocycles. The Morgan fingerprint density at radius 2 is 1.51 bits per heavy atom. The zero-order chi connectivity index (χ0) is 25.4. The van der Waals surface area contributed by atoms with Crippen LogP contribution in [0.5, 0.6) is 0 Å². The summed E-state index contributed by atoms with van der Waals surface area (Å²) in [5.41, 5.74) is 3.57. The fourth-order valence-corrected chi connectivity index (χ4v) is 4.45. The Hall–Kier alpha value is -2.82. The molecular weight excluding hydrogens is 479 g/mol. The molecule has 0 unspecified atom stereocenters. The van der Waals surface area contributed by atoms with Crippen LogP contribution in [0.15, 0.2) is 72.8 Å². The molecular formula is C29H32Cl2N2O2. The second-order valence-corrected chi connectivity index (χ2v) is 10.0. The standard InChI is InChI=1S/C29H32Cl2N2O2/c1-20(2)18-32-29(35)27(16-22-10-5-4-6-11-22)33(19-24-25(30)13-8-14-26(24)31)28(34)17-23-12-7-9-21(3)15-23/h4-15,20,27H,16-19H2,1-3H3,(H,32,35)/t27-/m1/s1. The van der Waals surface area contributed by atoms with Crippen LogP contribution in [-0.2, 0) is 29.0 Å². The van der Waals surface area contributed by atoms with Gasteiger partial charge < -0.3 is 10.2 Å². The molecule has 0 bridgehead atoms. The first-order valence-electron chi connectivity index (χ1n) is 11.8. The van der Waals surface area contributed by atoms with Crippen molar-refractivity contribution >= 4 is 35.0 Å². The minimum Gasteiger partial charge on any atom is -0.354 e. The Kier molecular flexibility index (Phi) is 9.76. The molecule has 0 saturated heterocycles. The summed E-state index contributed by atoms with van der Waals surface area (Å²) in [4.78, 5) is 28.9. The first-order chi connectivity index (χ1) is 16.7. The molecule has 0 aliphatic carbocycles. The van der Waals surface area contributed by atoms with Gasteiger partial charge in [0.15, 0.2) is 0 Å². The van der Waals surface area contributed by atoms with Crippen LogP contribution in [0, 0.1) is 12.8 Å². The van der Waals surface area contributed by atoms with Gasteiger partial charge in [-0.05, 0) is 36.1 Å². The number of nitrogens with one attached hydrogen (secondary N) is 1. The van der Waals surface area contributed by atoms with Gasteiger partial charge in [0.05, 0.1) is 6.42 Å². The Balaban J connectivity index is 2.01. The monoisotopic (exact) mass is 510 g/mol. The van der Waals surface area contributed by atoms with E-state index in [0.29, 0.717) is 28.6 Å². The van der Waals surface area contributed by atoms with Gasteiger partial charge in [0, 0.05) is 35.1 Å². The molecule has 184 valence electrons. The lowest BCUT2D eigenvalue weighted by molar-refractivity contribution is -0.140. The van der Waals surface area contributed by atoms with Crippen molar-refractivity contribution in [2.45, 2.75) is 46.2 Å². The van der Waals surface area contributed by atoms with E-state index in [1.165, 1.54) is 0 Å². The number of hydrogen-bond acceptors (Lipinski definition) is 2. The number of rotatable bonds is 10. The normalized spacial score (nSPS) is 11.8. The molecule has 6 heteroatoms. The van der Waals surface area contributed by atoms with Gasteiger partial charge in [0.25, 0.3) is 0 Å². The summed E-state index contributed by atoms with van der Waals surface area (Å²) in [5.74, 6) is -0.0682. The molecule has 0 spiro atoms. The highest BCUT2D eigenvalue weighted by Gasteiger charge is 2.31. The van der Waals surface area contributed by atoms with Crippen molar-refractivity contribution in [3.8, 4) is 0 Å². The van der Waals surface area contributed by atoms with Crippen LogP contribution < -0.4 is 5.32 Å². The number of hydrogen-bond donors (Lipinski definition) is 1. The van der Waals surface area contributed by atoms with Crippen molar-refractivity contribution in [1.82, 2.24) is 10.2 Å². The summed E-state index contributed by atoms with van der Waals surface area (Å²) < 4.78 is 0. The molecule has 3 aromatic carbocycles. The van der Waals surface area contributed by atoms with Crippen molar-refractivity contribution in [3.63, 3.8) is 0 Å². The highest BCUT2D eigenvalue weighted by molar-refractivity contribution is 6.36. The summed E-state index contributed by atoms with van der Waals surface area (Å²) in [6.07, 6.45) is 0.554. The summed E-state index contributed by atoms with van der Waals surface area (Å²) in [5, 5.41) is 3.96. The van der Waals surface area contributed by atoms with Crippen LogP contribution in [0.3, 0.4) is 0 Å². The highest BCUT2D eigenvalue weighted by atomic mass is 35.5. The van der Waals surface area contributed by atoms with Crippen molar-refractivity contribution in [1.29, 1.82) is 0 Å². The Morgan fingerprint density at radius 1 is 0.886 bits per heavy atom. The maximum atomic E-state index is 13.8. The third kappa shape index (κ3) is 7.84. The molecule has 2 amide bonds. The summed E-state index contributed by atoms with van der Waals surface area (Å²) in [6, 6.07) is 22.1. The maximum absolute atomic E-state index is 13.8. The minimum absolute atomic E-state index is 0.135. The van der Waals surface area contributed by atoms with Gasteiger partial charge in [-0.25, -0.2) is 0 Å². The van der Waals surface area contributed by atoms with E-state index in [4.69, 9.17) is 23.2 Å². The number of halogens is 2. The molecule has 0 aliphatic rings. The van der Waals surface area contributed by atoms with Crippen LogP contribution in [0.4, 0.5) is 0 Å². The summed E-state index contributed by atoms with van der Waals surface area (Å²) in [6.45, 7) is 6.73. The molecule has 0 fully saturated rings. The van der Waals surface area contributed by atoms with Crippen molar-refractivity contribution in [2.75, 3.05) is 6.54 Å². The smallest absolute Gasteiger partial charge is 0.243 e. The van der Waals surface area contributed by atoms with Gasteiger partial charge in [0.2, 0.25) is 11.8 Å². The SMILES string of the molecule is Cc1cccc(CC(=O)N(Cc2c(Cl)cccc2Cl)[C@H](Cc2ccccc2)C(=O)NCC(C)C)c1. The lowest BCUT2D eigenvalue weighted by atomic mass is 10.0. The van der Waals surface area contributed by atoms with Gasteiger partial charge in [-0.2, -0.15) is 0 Å². The van der Waals surface area contributed by atoms with E-state index in [1.54, 1.807) is 23.1 Å². The average Bonchev–Trinajstić information content (AvgIpc) is 2.82. The molecule has 0 aromatic heterocycles. The van der Waals surface area contributed by atoms with E-state index in [-0.39, 0.29) is 30.7 Å².